The summed E-state index contributed by atoms with van der Waals surface area (Å²) in [5, 5.41) is 5.12. The minimum Gasteiger partial charge on any atom is -0.272 e. The van der Waals surface area contributed by atoms with Gasteiger partial charge in [-0.05, 0) is 11.9 Å². The summed E-state index contributed by atoms with van der Waals surface area (Å²) in [6, 6.07) is 0. The molecule has 1 aromatic carbocycles. The third kappa shape index (κ3) is 1.48. The molecule has 80 valence electrons. The third-order valence-electron chi connectivity index (χ3n) is 1.69. The zero-order valence-electron chi connectivity index (χ0n) is 6.85. The lowest BCUT2D eigenvalue weighted by atomic mass is 10.3. The van der Waals surface area contributed by atoms with E-state index in [0.717, 1.165) is 0 Å². The SMILES string of the molecule is NSc1nc2c(F)c(F)c(F)c(F)c2s1. The van der Waals surface area contributed by atoms with Crippen LogP contribution in [0.25, 0.3) is 10.2 Å². The van der Waals surface area contributed by atoms with E-state index in [9.17, 15) is 17.6 Å². The molecule has 0 unspecified atom stereocenters. The fraction of sp³-hybridized carbons (Fsp3) is 0. The molecule has 0 saturated heterocycles. The molecule has 2 nitrogen and oxygen atoms in total. The summed E-state index contributed by atoms with van der Waals surface area (Å²) in [6.45, 7) is 0. The van der Waals surface area contributed by atoms with E-state index >= 15 is 0 Å². The highest BCUT2D eigenvalue weighted by Crippen LogP contribution is 2.33. The van der Waals surface area contributed by atoms with Crippen LogP contribution in [0.5, 0.6) is 0 Å². The minimum absolute atomic E-state index is 0.132. The van der Waals surface area contributed by atoms with Crippen molar-refractivity contribution < 1.29 is 17.6 Å². The maximum atomic E-state index is 13.1. The number of thiazole rings is 1. The van der Waals surface area contributed by atoms with Crippen molar-refractivity contribution in [3.8, 4) is 0 Å². The van der Waals surface area contributed by atoms with E-state index in [-0.39, 0.29) is 9.04 Å². The zero-order chi connectivity index (χ0) is 11.2. The molecule has 2 rings (SSSR count). The van der Waals surface area contributed by atoms with E-state index in [1.807, 2.05) is 0 Å². The standard InChI is InChI=1S/C7H2F4N2S2/c8-1-2(9)4(11)6-5(3(1)10)13-7(14-6)15-12/h12H2. The van der Waals surface area contributed by atoms with Gasteiger partial charge in [-0.15, -0.1) is 11.3 Å². The van der Waals surface area contributed by atoms with Crippen LogP contribution in [0.4, 0.5) is 17.6 Å². The van der Waals surface area contributed by atoms with Crippen molar-refractivity contribution >= 4 is 33.5 Å². The van der Waals surface area contributed by atoms with E-state index in [4.69, 9.17) is 5.14 Å². The van der Waals surface area contributed by atoms with Crippen LogP contribution in [0.15, 0.2) is 4.34 Å². The topological polar surface area (TPSA) is 38.9 Å². The van der Waals surface area contributed by atoms with E-state index < -0.39 is 28.8 Å². The molecule has 8 heteroatoms. The van der Waals surface area contributed by atoms with Crippen molar-refractivity contribution in [2.75, 3.05) is 0 Å². The average Bonchev–Trinajstić information content (AvgIpc) is 2.67. The molecular weight excluding hydrogens is 252 g/mol. The van der Waals surface area contributed by atoms with Crippen LogP contribution >= 0.6 is 23.3 Å². The van der Waals surface area contributed by atoms with Crippen molar-refractivity contribution in [3.05, 3.63) is 23.3 Å². The summed E-state index contributed by atoms with van der Waals surface area (Å²) >= 11 is 1.32. The number of halogens is 4. The lowest BCUT2D eigenvalue weighted by Gasteiger charge is -1.97. The highest BCUT2D eigenvalue weighted by Gasteiger charge is 2.23. The maximum Gasteiger partial charge on any atom is 0.199 e. The number of fused-ring (bicyclic) bond motifs is 1. The highest BCUT2D eigenvalue weighted by molar-refractivity contribution is 7.99. The van der Waals surface area contributed by atoms with Crippen LogP contribution in [0.1, 0.15) is 0 Å². The van der Waals surface area contributed by atoms with Gasteiger partial charge in [0.1, 0.15) is 5.52 Å². The molecule has 0 aliphatic rings. The number of benzene rings is 1. The zero-order valence-corrected chi connectivity index (χ0v) is 8.49. The molecular formula is C7H2F4N2S2. The van der Waals surface area contributed by atoms with Crippen molar-refractivity contribution in [2.24, 2.45) is 5.14 Å². The number of hydrogen-bond donors (Lipinski definition) is 1. The van der Waals surface area contributed by atoms with Gasteiger partial charge in [0.05, 0.1) is 4.70 Å². The molecule has 0 atom stereocenters. The Labute approximate surface area is 89.2 Å². The van der Waals surface area contributed by atoms with E-state index in [0.29, 0.717) is 23.3 Å². The Bertz CT molecular complexity index is 495. The predicted octanol–water partition coefficient (Wildman–Crippen LogP) is 2.82. The van der Waals surface area contributed by atoms with E-state index in [1.165, 1.54) is 0 Å². The molecule has 15 heavy (non-hydrogen) atoms. The fourth-order valence-corrected chi connectivity index (χ4v) is 2.35. The second-order valence-corrected chi connectivity index (χ2v) is 4.41. The largest absolute Gasteiger partial charge is 0.272 e. The van der Waals surface area contributed by atoms with Gasteiger partial charge in [0.15, 0.2) is 27.6 Å². The molecule has 0 spiro atoms. The van der Waals surface area contributed by atoms with Crippen LogP contribution in [0, 0.1) is 23.3 Å². The molecule has 0 aliphatic heterocycles. The minimum atomic E-state index is -1.86. The van der Waals surface area contributed by atoms with Gasteiger partial charge in [-0.1, -0.05) is 0 Å². The number of nitrogens with zero attached hydrogens (tertiary/aromatic N) is 1. The number of rotatable bonds is 1. The van der Waals surface area contributed by atoms with Gasteiger partial charge in [-0.25, -0.2) is 22.5 Å². The Balaban J connectivity index is 2.90. The summed E-state index contributed by atoms with van der Waals surface area (Å²) in [4.78, 5) is 3.53. The smallest absolute Gasteiger partial charge is 0.199 e. The number of hydrogen-bond acceptors (Lipinski definition) is 4. The molecule has 0 fully saturated rings. The summed E-state index contributed by atoms with van der Waals surface area (Å²) in [7, 11) is 0. The first-order valence-corrected chi connectivity index (χ1v) is 5.25. The summed E-state index contributed by atoms with van der Waals surface area (Å²) < 4.78 is 51.5. The monoisotopic (exact) mass is 254 g/mol. The Morgan fingerprint density at radius 2 is 1.60 bits per heavy atom. The van der Waals surface area contributed by atoms with Gasteiger partial charge in [-0.2, -0.15) is 0 Å². The molecule has 0 aliphatic carbocycles. The molecule has 0 amide bonds. The Hall–Kier alpha value is -0.860. The Morgan fingerprint density at radius 3 is 2.20 bits per heavy atom. The lowest BCUT2D eigenvalue weighted by Crippen LogP contribution is -1.96. The molecule has 1 heterocycles. The Kier molecular flexibility index (Phi) is 2.57. The van der Waals surface area contributed by atoms with Crippen molar-refractivity contribution in [3.63, 3.8) is 0 Å². The van der Waals surface area contributed by atoms with Crippen molar-refractivity contribution in [2.45, 2.75) is 4.34 Å². The van der Waals surface area contributed by atoms with Crippen LogP contribution in [-0.4, -0.2) is 4.98 Å². The molecule has 0 bridgehead atoms. The molecule has 2 aromatic rings. The van der Waals surface area contributed by atoms with Crippen molar-refractivity contribution in [1.82, 2.24) is 4.98 Å². The van der Waals surface area contributed by atoms with E-state index in [1.54, 1.807) is 0 Å². The Morgan fingerprint density at radius 1 is 1.00 bits per heavy atom. The quantitative estimate of drug-likeness (QED) is 0.368. The van der Waals surface area contributed by atoms with Crippen LogP contribution in [-0.2, 0) is 0 Å². The first-order chi connectivity index (χ1) is 7.06. The van der Waals surface area contributed by atoms with Gasteiger partial charge in [0.25, 0.3) is 0 Å². The third-order valence-corrected chi connectivity index (χ3v) is 3.37. The maximum absolute atomic E-state index is 13.1. The van der Waals surface area contributed by atoms with Crippen LogP contribution < -0.4 is 5.14 Å². The van der Waals surface area contributed by atoms with Crippen LogP contribution in [0.3, 0.4) is 0 Å². The van der Waals surface area contributed by atoms with Gasteiger partial charge >= 0.3 is 0 Å². The number of aromatic nitrogens is 1. The first kappa shape index (κ1) is 10.7. The summed E-state index contributed by atoms with van der Waals surface area (Å²) in [5.41, 5.74) is -0.538. The number of nitrogens with two attached hydrogens (primary N) is 1. The summed E-state index contributed by atoms with van der Waals surface area (Å²) in [6.07, 6.45) is 0. The summed E-state index contributed by atoms with van der Waals surface area (Å²) in [5.74, 6) is -6.64. The van der Waals surface area contributed by atoms with E-state index in [2.05, 4.69) is 4.98 Å². The molecule has 2 N–H and O–H groups in total. The van der Waals surface area contributed by atoms with Gasteiger partial charge in [0.2, 0.25) is 0 Å². The molecule has 0 saturated carbocycles. The molecule has 0 radical (unpaired) electrons. The van der Waals surface area contributed by atoms with Gasteiger partial charge in [-0.3, -0.25) is 5.14 Å². The average molecular weight is 254 g/mol. The predicted molar refractivity (Wildman–Crippen MR) is 49.5 cm³/mol. The lowest BCUT2D eigenvalue weighted by molar-refractivity contribution is 0.418. The van der Waals surface area contributed by atoms with Gasteiger partial charge < -0.3 is 0 Å². The van der Waals surface area contributed by atoms with Gasteiger partial charge in [0, 0.05) is 0 Å². The normalized spacial score (nSPS) is 11.3. The second-order valence-electron chi connectivity index (χ2n) is 2.53. The second kappa shape index (κ2) is 3.62. The highest BCUT2D eigenvalue weighted by atomic mass is 32.2. The van der Waals surface area contributed by atoms with Crippen molar-refractivity contribution in [1.29, 1.82) is 0 Å². The molecule has 1 aromatic heterocycles. The fourth-order valence-electron chi connectivity index (χ4n) is 1.04. The first-order valence-electron chi connectivity index (χ1n) is 3.55. The van der Waals surface area contributed by atoms with Crippen LogP contribution in [0.2, 0.25) is 0 Å².